The monoisotopic (exact) mass is 317 g/mol. The van der Waals surface area contributed by atoms with Crippen LogP contribution in [0.3, 0.4) is 0 Å². The van der Waals surface area contributed by atoms with Gasteiger partial charge in [0.25, 0.3) is 0 Å². The molecule has 0 fully saturated rings. The molecule has 0 N–H and O–H groups in total. The number of carbonyl (C=O) groups is 1. The minimum absolute atomic E-state index is 0.0578. The summed E-state index contributed by atoms with van der Waals surface area (Å²) in [5, 5.41) is 0. The van der Waals surface area contributed by atoms with E-state index in [4.69, 9.17) is 0 Å². The summed E-state index contributed by atoms with van der Waals surface area (Å²) in [6, 6.07) is 8.59. The van der Waals surface area contributed by atoms with E-state index in [2.05, 4.69) is 65.8 Å². The number of aryl methyl sites for hydroxylation is 1. The second-order valence-corrected chi connectivity index (χ2v) is 7.64. The molecule has 0 heterocycles. The zero-order valence-electron chi connectivity index (χ0n) is 16.0. The number of nitrogens with zero attached hydrogens (tertiary/aromatic N) is 1. The maximum Gasteiger partial charge on any atom is 0.227 e. The predicted molar refractivity (Wildman–Crippen MR) is 101 cm³/mol. The van der Waals surface area contributed by atoms with Gasteiger partial charge < -0.3 is 4.90 Å². The summed E-state index contributed by atoms with van der Waals surface area (Å²) in [5.41, 5.74) is 2.31. The maximum atomic E-state index is 13.0. The molecule has 1 aromatic rings. The van der Waals surface area contributed by atoms with E-state index in [0.717, 1.165) is 18.5 Å². The lowest BCUT2D eigenvalue weighted by Crippen LogP contribution is -2.40. The molecule has 0 aliphatic heterocycles. The molecule has 0 aliphatic carbocycles. The minimum atomic E-state index is 0.0578. The molecule has 0 aromatic heterocycles. The van der Waals surface area contributed by atoms with Crippen LogP contribution in [0.2, 0.25) is 0 Å². The summed E-state index contributed by atoms with van der Waals surface area (Å²) < 4.78 is 0. The molecule has 130 valence electrons. The SMILES string of the molecule is CCCCCC(C)N(C(=O)CC(C)(C)CC)c1cccc(C)c1. The van der Waals surface area contributed by atoms with Crippen molar-refractivity contribution in [1.29, 1.82) is 0 Å². The fraction of sp³-hybridized carbons (Fsp3) is 0.667. The lowest BCUT2D eigenvalue weighted by Gasteiger charge is -2.33. The van der Waals surface area contributed by atoms with E-state index in [1.165, 1.54) is 24.8 Å². The highest BCUT2D eigenvalue weighted by molar-refractivity contribution is 5.94. The van der Waals surface area contributed by atoms with Gasteiger partial charge in [-0.25, -0.2) is 0 Å². The van der Waals surface area contributed by atoms with E-state index in [9.17, 15) is 4.79 Å². The molecule has 0 saturated carbocycles. The van der Waals surface area contributed by atoms with Crippen molar-refractivity contribution in [2.45, 2.75) is 86.1 Å². The number of carbonyl (C=O) groups excluding carboxylic acids is 1. The minimum Gasteiger partial charge on any atom is -0.310 e. The van der Waals surface area contributed by atoms with Crippen LogP contribution in [0.1, 0.15) is 78.7 Å². The quantitative estimate of drug-likeness (QED) is 0.502. The largest absolute Gasteiger partial charge is 0.310 e. The van der Waals surface area contributed by atoms with Crippen LogP contribution < -0.4 is 4.90 Å². The fourth-order valence-corrected chi connectivity index (χ4v) is 2.86. The standard InChI is InChI=1S/C21H35NO/c1-7-9-10-13-18(4)22(19-14-11-12-17(3)15-19)20(23)16-21(5,6)8-2/h11-12,14-15,18H,7-10,13,16H2,1-6H3. The zero-order valence-corrected chi connectivity index (χ0v) is 16.0. The molecule has 23 heavy (non-hydrogen) atoms. The van der Waals surface area contributed by atoms with Crippen molar-refractivity contribution < 1.29 is 4.79 Å². The highest BCUT2D eigenvalue weighted by atomic mass is 16.2. The fourth-order valence-electron chi connectivity index (χ4n) is 2.86. The number of rotatable bonds is 9. The van der Waals surface area contributed by atoms with E-state index in [0.29, 0.717) is 6.42 Å². The van der Waals surface area contributed by atoms with Gasteiger partial charge in [-0.15, -0.1) is 0 Å². The number of amides is 1. The van der Waals surface area contributed by atoms with Crippen molar-refractivity contribution in [2.24, 2.45) is 5.41 Å². The first kappa shape index (κ1) is 19.7. The lowest BCUT2D eigenvalue weighted by atomic mass is 9.85. The molecule has 1 rings (SSSR count). The topological polar surface area (TPSA) is 20.3 Å². The number of unbranched alkanes of at least 4 members (excludes halogenated alkanes) is 2. The van der Waals surface area contributed by atoms with Gasteiger partial charge in [0, 0.05) is 18.2 Å². The van der Waals surface area contributed by atoms with Crippen LogP contribution in [0.15, 0.2) is 24.3 Å². The molecule has 2 nitrogen and oxygen atoms in total. The van der Waals surface area contributed by atoms with E-state index < -0.39 is 0 Å². The van der Waals surface area contributed by atoms with Gasteiger partial charge in [-0.3, -0.25) is 4.79 Å². The van der Waals surface area contributed by atoms with Gasteiger partial charge >= 0.3 is 0 Å². The predicted octanol–water partition coefficient (Wildman–Crippen LogP) is 6.12. The Labute approximate surface area is 143 Å². The van der Waals surface area contributed by atoms with Crippen LogP contribution in [-0.4, -0.2) is 11.9 Å². The third-order valence-corrected chi connectivity index (χ3v) is 4.80. The van der Waals surface area contributed by atoms with Crippen LogP contribution >= 0.6 is 0 Å². The van der Waals surface area contributed by atoms with Gasteiger partial charge in [-0.1, -0.05) is 65.5 Å². The molecule has 1 unspecified atom stereocenters. The second-order valence-electron chi connectivity index (χ2n) is 7.64. The van der Waals surface area contributed by atoms with Gasteiger partial charge in [-0.2, -0.15) is 0 Å². The molecule has 0 radical (unpaired) electrons. The van der Waals surface area contributed by atoms with Gasteiger partial charge in [-0.05, 0) is 43.4 Å². The average molecular weight is 318 g/mol. The highest BCUT2D eigenvalue weighted by Crippen LogP contribution is 2.29. The van der Waals surface area contributed by atoms with Crippen LogP contribution in [0.5, 0.6) is 0 Å². The first-order chi connectivity index (χ1) is 10.8. The molecule has 0 saturated heterocycles. The summed E-state index contributed by atoms with van der Waals surface area (Å²) in [5.74, 6) is 0.256. The van der Waals surface area contributed by atoms with Gasteiger partial charge in [0.15, 0.2) is 0 Å². The number of hydrogen-bond acceptors (Lipinski definition) is 1. The van der Waals surface area contributed by atoms with Crippen LogP contribution in [0.4, 0.5) is 5.69 Å². The number of anilines is 1. The molecule has 0 spiro atoms. The molecule has 0 bridgehead atoms. The van der Waals surface area contributed by atoms with Crippen LogP contribution in [0, 0.1) is 12.3 Å². The Kier molecular flexibility index (Phi) is 7.81. The Morgan fingerprint density at radius 2 is 1.91 bits per heavy atom. The summed E-state index contributed by atoms with van der Waals surface area (Å²) in [7, 11) is 0. The highest BCUT2D eigenvalue weighted by Gasteiger charge is 2.27. The summed E-state index contributed by atoms with van der Waals surface area (Å²) >= 11 is 0. The van der Waals surface area contributed by atoms with Crippen molar-refractivity contribution >= 4 is 11.6 Å². The van der Waals surface area contributed by atoms with Gasteiger partial charge in [0.1, 0.15) is 0 Å². The Hall–Kier alpha value is -1.31. The number of hydrogen-bond donors (Lipinski definition) is 0. The van der Waals surface area contributed by atoms with Crippen molar-refractivity contribution in [2.75, 3.05) is 4.90 Å². The Morgan fingerprint density at radius 3 is 2.48 bits per heavy atom. The first-order valence-electron chi connectivity index (χ1n) is 9.19. The molecular weight excluding hydrogens is 282 g/mol. The summed E-state index contributed by atoms with van der Waals surface area (Å²) in [6.07, 6.45) is 6.33. The van der Waals surface area contributed by atoms with E-state index in [1.807, 2.05) is 4.90 Å². The summed E-state index contributed by atoms with van der Waals surface area (Å²) in [4.78, 5) is 15.1. The third kappa shape index (κ3) is 6.37. The molecular formula is C21H35NO. The van der Waals surface area contributed by atoms with Crippen molar-refractivity contribution in [3.63, 3.8) is 0 Å². The molecule has 0 aliphatic rings. The number of benzene rings is 1. The van der Waals surface area contributed by atoms with Crippen LogP contribution in [0.25, 0.3) is 0 Å². The van der Waals surface area contributed by atoms with Crippen LogP contribution in [-0.2, 0) is 4.79 Å². The van der Waals surface area contributed by atoms with Crippen molar-refractivity contribution in [1.82, 2.24) is 0 Å². The third-order valence-electron chi connectivity index (χ3n) is 4.80. The first-order valence-corrected chi connectivity index (χ1v) is 9.19. The Balaban J connectivity index is 2.98. The van der Waals surface area contributed by atoms with Crippen molar-refractivity contribution in [3.05, 3.63) is 29.8 Å². The second kappa shape index (κ2) is 9.10. The maximum absolute atomic E-state index is 13.0. The zero-order chi connectivity index (χ0) is 17.5. The lowest BCUT2D eigenvalue weighted by molar-refractivity contribution is -0.121. The van der Waals surface area contributed by atoms with E-state index in [-0.39, 0.29) is 17.4 Å². The molecule has 1 amide bonds. The molecule has 2 heteroatoms. The molecule has 1 atom stereocenters. The van der Waals surface area contributed by atoms with E-state index in [1.54, 1.807) is 0 Å². The Morgan fingerprint density at radius 1 is 1.22 bits per heavy atom. The molecule has 1 aromatic carbocycles. The normalized spacial score (nSPS) is 13.0. The summed E-state index contributed by atoms with van der Waals surface area (Å²) in [6.45, 7) is 13.0. The Bertz CT molecular complexity index is 492. The van der Waals surface area contributed by atoms with Gasteiger partial charge in [0.2, 0.25) is 5.91 Å². The average Bonchev–Trinajstić information content (AvgIpc) is 2.47. The van der Waals surface area contributed by atoms with Gasteiger partial charge in [0.05, 0.1) is 0 Å². The van der Waals surface area contributed by atoms with Crippen molar-refractivity contribution in [3.8, 4) is 0 Å². The van der Waals surface area contributed by atoms with E-state index >= 15 is 0 Å². The smallest absolute Gasteiger partial charge is 0.227 e.